The lowest BCUT2D eigenvalue weighted by Crippen LogP contribution is -2.24. The molecule has 0 fully saturated rings. The molecule has 0 saturated carbocycles. The van der Waals surface area contributed by atoms with E-state index in [4.69, 9.17) is 8.53 Å². The molecule has 1 atom stereocenters. The predicted molar refractivity (Wildman–Crippen MR) is 48.9 cm³/mol. The second-order valence-corrected chi connectivity index (χ2v) is 5.75. The maximum absolute atomic E-state index is 5.71. The van der Waals surface area contributed by atoms with Gasteiger partial charge in [-0.15, -0.1) is 0 Å². The van der Waals surface area contributed by atoms with Crippen LogP contribution in [0.1, 0.15) is 27.7 Å². The first-order valence-corrected chi connectivity index (χ1v) is 6.62. The van der Waals surface area contributed by atoms with E-state index in [9.17, 15) is 0 Å². The number of ether oxygens (including phenoxy) is 1. The summed E-state index contributed by atoms with van der Waals surface area (Å²) in [4.78, 5) is 0. The zero-order chi connectivity index (χ0) is 8.69. The van der Waals surface area contributed by atoms with Gasteiger partial charge in [-0.2, -0.15) is 0 Å². The van der Waals surface area contributed by atoms with Crippen molar-refractivity contribution in [2.24, 2.45) is 0 Å². The Bertz CT molecular complexity index is 84.2. The largest absolute Gasteiger partial charge is 0.478 e. The van der Waals surface area contributed by atoms with Gasteiger partial charge in [-0.3, -0.25) is 0 Å². The van der Waals surface area contributed by atoms with Crippen LogP contribution in [0.3, 0.4) is 0 Å². The zero-order valence-corrected chi connectivity index (χ0v) is 9.25. The number of rotatable bonds is 6. The summed E-state index contributed by atoms with van der Waals surface area (Å²) in [7, 11) is 0. The van der Waals surface area contributed by atoms with Crippen molar-refractivity contribution >= 4 is 14.5 Å². The van der Waals surface area contributed by atoms with E-state index in [1.807, 2.05) is 13.8 Å². The van der Waals surface area contributed by atoms with E-state index in [0.717, 1.165) is 6.61 Å². The van der Waals surface area contributed by atoms with Crippen molar-refractivity contribution in [1.82, 2.24) is 0 Å². The quantitative estimate of drug-likeness (QED) is 0.454. The van der Waals surface area contributed by atoms with Crippen LogP contribution < -0.4 is 0 Å². The van der Waals surface area contributed by atoms with E-state index >= 15 is 0 Å². The Morgan fingerprint density at radius 1 is 1.18 bits per heavy atom. The molecule has 0 aromatic carbocycles. The van der Waals surface area contributed by atoms with Gasteiger partial charge in [-0.1, -0.05) is 24.4 Å². The molecule has 0 aliphatic rings. The van der Waals surface area contributed by atoms with Gasteiger partial charge >= 0.3 is 14.5 Å². The lowest BCUT2D eigenvalue weighted by Gasteiger charge is -2.17. The van der Waals surface area contributed by atoms with Crippen LogP contribution in [0.5, 0.6) is 0 Å². The van der Waals surface area contributed by atoms with Crippen molar-refractivity contribution in [2.75, 3.05) is 6.61 Å². The number of hydrogen-bond donors (Lipinski definition) is 0. The third-order valence-electron chi connectivity index (χ3n) is 1.70. The highest BCUT2D eigenvalue weighted by atomic mass is 27.2. The molecule has 0 rings (SSSR count). The minimum absolute atomic E-state index is 0.0107. The molecule has 0 aliphatic heterocycles. The van der Waals surface area contributed by atoms with E-state index in [2.05, 4.69) is 13.8 Å². The Kier molecular flexibility index (Phi) is 7.41. The molecule has 0 spiro atoms. The summed E-state index contributed by atoms with van der Waals surface area (Å²) in [6.07, 6.45) is 0.0107. The fraction of sp³-hybridized carbons (Fsp3) is 1.00. The second-order valence-electron chi connectivity index (χ2n) is 2.60. The molecule has 0 aromatic rings. The third kappa shape index (κ3) is 5.69. The Hall–Kier alpha value is 0.452. The lowest BCUT2D eigenvalue weighted by molar-refractivity contribution is -0.0642. The lowest BCUT2D eigenvalue weighted by atomic mass is 10.7. The van der Waals surface area contributed by atoms with Gasteiger partial charge in [-0.25, -0.2) is 0 Å². The average molecular weight is 174 g/mol. The van der Waals surface area contributed by atoms with Crippen LogP contribution in [0.15, 0.2) is 0 Å². The first-order chi connectivity index (χ1) is 5.24. The molecule has 66 valence electrons. The summed E-state index contributed by atoms with van der Waals surface area (Å²) in [5.41, 5.74) is 0. The van der Waals surface area contributed by atoms with E-state index in [0.29, 0.717) is 0 Å². The monoisotopic (exact) mass is 174 g/mol. The fourth-order valence-corrected chi connectivity index (χ4v) is 2.61. The minimum Gasteiger partial charge on any atom is -0.478 e. The summed E-state index contributed by atoms with van der Waals surface area (Å²) >= 11 is -0.907. The summed E-state index contributed by atoms with van der Waals surface area (Å²) in [5.74, 6) is 0. The Balaban J connectivity index is 3.44. The van der Waals surface area contributed by atoms with Crippen LogP contribution in [-0.2, 0) is 8.53 Å². The van der Waals surface area contributed by atoms with Crippen LogP contribution in [0.25, 0.3) is 0 Å². The van der Waals surface area contributed by atoms with E-state index in [1.54, 1.807) is 0 Å². The fourth-order valence-electron chi connectivity index (χ4n) is 1.03. The smallest absolute Gasteiger partial charge is 0.462 e. The molecule has 2 nitrogen and oxygen atoms in total. The van der Waals surface area contributed by atoms with Crippen LogP contribution >= 0.6 is 0 Å². The zero-order valence-electron chi connectivity index (χ0n) is 8.09. The highest BCUT2D eigenvalue weighted by Gasteiger charge is 2.17. The first-order valence-electron chi connectivity index (χ1n) is 4.51. The van der Waals surface area contributed by atoms with E-state index < -0.39 is 14.5 Å². The van der Waals surface area contributed by atoms with Gasteiger partial charge in [0.1, 0.15) is 6.29 Å². The summed E-state index contributed by atoms with van der Waals surface area (Å²) in [5, 5.41) is 2.40. The van der Waals surface area contributed by atoms with Gasteiger partial charge in [0.2, 0.25) is 0 Å². The number of hydrogen-bond acceptors (Lipinski definition) is 2. The molecule has 1 unspecified atom stereocenters. The summed E-state index contributed by atoms with van der Waals surface area (Å²) in [6.45, 7) is 9.11. The van der Waals surface area contributed by atoms with Crippen molar-refractivity contribution in [3.63, 3.8) is 0 Å². The van der Waals surface area contributed by atoms with Gasteiger partial charge in [0.15, 0.2) is 0 Å². The first kappa shape index (κ1) is 11.5. The normalized spacial score (nSPS) is 13.1. The third-order valence-corrected chi connectivity index (χ3v) is 4.29. The van der Waals surface area contributed by atoms with Crippen molar-refractivity contribution < 1.29 is 8.53 Å². The molecule has 0 aliphatic carbocycles. The van der Waals surface area contributed by atoms with Crippen LogP contribution in [-0.4, -0.2) is 27.4 Å². The molecule has 0 heterocycles. The van der Waals surface area contributed by atoms with Gasteiger partial charge < -0.3 is 8.53 Å². The van der Waals surface area contributed by atoms with Crippen molar-refractivity contribution in [3.05, 3.63) is 0 Å². The Labute approximate surface area is 74.6 Å². The van der Waals surface area contributed by atoms with Crippen LogP contribution in [0, 0.1) is 0 Å². The van der Waals surface area contributed by atoms with Gasteiger partial charge in [0.25, 0.3) is 0 Å². The molecule has 0 saturated heterocycles. The highest BCUT2D eigenvalue weighted by Crippen LogP contribution is 2.04. The summed E-state index contributed by atoms with van der Waals surface area (Å²) in [6, 6.07) is 0. The van der Waals surface area contributed by atoms with Crippen molar-refractivity contribution in [2.45, 2.75) is 44.6 Å². The summed E-state index contributed by atoms with van der Waals surface area (Å²) < 4.78 is 11.0. The van der Waals surface area contributed by atoms with Gasteiger partial charge in [0.05, 0.1) is 0 Å². The minimum atomic E-state index is -0.907. The average Bonchev–Trinajstić information content (AvgIpc) is 2.01. The molecular weight excluding hydrogens is 155 g/mol. The SMILES string of the molecule is CCOC(C)[O][Al]([CH2]C)[CH2]C. The molecule has 3 heteroatoms. The molecule has 0 amide bonds. The Morgan fingerprint density at radius 2 is 1.73 bits per heavy atom. The second kappa shape index (κ2) is 7.12. The van der Waals surface area contributed by atoms with Gasteiger partial charge in [-0.05, 0) is 13.8 Å². The molecular formula is C8H19AlO2. The molecule has 0 N–H and O–H groups in total. The van der Waals surface area contributed by atoms with E-state index in [-0.39, 0.29) is 6.29 Å². The van der Waals surface area contributed by atoms with E-state index in [1.165, 1.54) is 10.6 Å². The maximum atomic E-state index is 5.71. The molecule has 0 bridgehead atoms. The maximum Gasteiger partial charge on any atom is 0.462 e. The Morgan fingerprint density at radius 3 is 2.09 bits per heavy atom. The van der Waals surface area contributed by atoms with Crippen molar-refractivity contribution in [1.29, 1.82) is 0 Å². The van der Waals surface area contributed by atoms with Gasteiger partial charge in [0, 0.05) is 6.61 Å². The van der Waals surface area contributed by atoms with Crippen LogP contribution in [0.2, 0.25) is 10.6 Å². The molecule has 11 heavy (non-hydrogen) atoms. The molecule has 0 aromatic heterocycles. The van der Waals surface area contributed by atoms with Crippen LogP contribution in [0.4, 0.5) is 0 Å². The highest BCUT2D eigenvalue weighted by molar-refractivity contribution is 6.51. The predicted octanol–water partition coefficient (Wildman–Crippen LogP) is 2.42. The van der Waals surface area contributed by atoms with Crippen molar-refractivity contribution in [3.8, 4) is 0 Å². The standard InChI is InChI=1S/C4H9O2.2C2H5.Al/c1-3-6-4(2)5;2*1-2;/h4H,3H2,1-2H3;2*1H2,2H3;/q-1;;;+1. The molecule has 0 radical (unpaired) electrons. The topological polar surface area (TPSA) is 18.5 Å².